The molecule has 0 bridgehead atoms. The quantitative estimate of drug-likeness (QED) is 0.143. The number of benzene rings is 2. The van der Waals surface area contributed by atoms with E-state index in [4.69, 9.17) is 4.74 Å². The van der Waals surface area contributed by atoms with E-state index in [0.29, 0.717) is 36.8 Å². The summed E-state index contributed by atoms with van der Waals surface area (Å²) in [5.74, 6) is 0.221. The first kappa shape index (κ1) is 36.5. The maximum absolute atomic E-state index is 13.1. The molecular weight excluding hydrogens is 625 g/mol. The van der Waals surface area contributed by atoms with Crippen LogP contribution in [0, 0.1) is 5.41 Å². The molecule has 2 aromatic heterocycles. The van der Waals surface area contributed by atoms with Gasteiger partial charge in [-0.25, -0.2) is 0 Å². The highest BCUT2D eigenvalue weighted by Crippen LogP contribution is 2.40. The van der Waals surface area contributed by atoms with E-state index >= 15 is 0 Å². The lowest BCUT2D eigenvalue weighted by molar-refractivity contribution is -0.137. The van der Waals surface area contributed by atoms with Gasteiger partial charge in [0.25, 0.3) is 5.56 Å². The molecule has 0 aliphatic carbocycles. The van der Waals surface area contributed by atoms with E-state index in [2.05, 4.69) is 10.3 Å². The number of ether oxygens (including phenoxy) is 1. The molecule has 1 unspecified atom stereocenters. The standard InChI is InChI=1S/C35H41N5O4.2ClH/c1-5-40-30-13-12-27(24-31(30)38(4)33(42)35(2,3)34(40)43)44-23-9-8-18-37-29(26-14-19-36-20-15-26)17-22-39-21-16-25-10-6-7-11-28(25)32(39)41;;/h6-7,10-16,19-21,24,29,37H,5,8-9,17-18,22-23H2,1-4H3;2*1H. The third-order valence-corrected chi connectivity index (χ3v) is 8.42. The van der Waals surface area contributed by atoms with Gasteiger partial charge in [0.1, 0.15) is 11.2 Å². The Morgan fingerprint density at radius 1 is 0.913 bits per heavy atom. The molecule has 2 amide bonds. The first-order valence-corrected chi connectivity index (χ1v) is 15.3. The molecule has 0 radical (unpaired) electrons. The number of anilines is 2. The van der Waals surface area contributed by atoms with Crippen molar-refractivity contribution in [2.75, 3.05) is 36.5 Å². The summed E-state index contributed by atoms with van der Waals surface area (Å²) in [6.07, 6.45) is 7.95. The van der Waals surface area contributed by atoms with E-state index in [0.717, 1.165) is 42.1 Å². The average molecular weight is 669 g/mol. The van der Waals surface area contributed by atoms with Crippen molar-refractivity contribution in [2.24, 2.45) is 5.41 Å². The molecule has 4 aromatic rings. The molecule has 9 nitrogen and oxygen atoms in total. The van der Waals surface area contributed by atoms with Crippen molar-refractivity contribution < 1.29 is 14.3 Å². The van der Waals surface area contributed by atoms with Gasteiger partial charge in [-0.2, -0.15) is 0 Å². The number of unbranched alkanes of at least 4 members (excludes halogenated alkanes) is 1. The van der Waals surface area contributed by atoms with Crippen molar-refractivity contribution in [3.63, 3.8) is 0 Å². The number of rotatable bonds is 12. The Labute approximate surface area is 282 Å². The van der Waals surface area contributed by atoms with Gasteiger partial charge in [-0.1, -0.05) is 18.2 Å². The summed E-state index contributed by atoms with van der Waals surface area (Å²) in [5, 5.41) is 5.35. The number of carbonyl (C=O) groups excluding carboxylic acids is 2. The van der Waals surface area contributed by atoms with E-state index in [9.17, 15) is 14.4 Å². The summed E-state index contributed by atoms with van der Waals surface area (Å²) >= 11 is 0. The molecule has 3 heterocycles. The summed E-state index contributed by atoms with van der Waals surface area (Å²) in [4.78, 5) is 46.6. The van der Waals surface area contributed by atoms with E-state index in [1.807, 2.05) is 73.8 Å². The van der Waals surface area contributed by atoms with Crippen molar-refractivity contribution in [2.45, 2.75) is 52.6 Å². The molecule has 5 rings (SSSR count). The van der Waals surface area contributed by atoms with Crippen LogP contribution < -0.4 is 25.4 Å². The second-order valence-corrected chi connectivity index (χ2v) is 11.7. The summed E-state index contributed by atoms with van der Waals surface area (Å²) in [5.41, 5.74) is 1.40. The number of fused-ring (bicyclic) bond motifs is 2. The van der Waals surface area contributed by atoms with Crippen LogP contribution in [0.15, 0.2) is 84.0 Å². The molecule has 1 N–H and O–H groups in total. The molecule has 0 saturated carbocycles. The minimum absolute atomic E-state index is 0. The van der Waals surface area contributed by atoms with Crippen molar-refractivity contribution in [1.82, 2.24) is 14.9 Å². The number of nitrogens with one attached hydrogen (secondary N) is 1. The Hall–Kier alpha value is -3.92. The fraction of sp³-hybridized carbons (Fsp3) is 0.371. The van der Waals surface area contributed by atoms with Crippen molar-refractivity contribution in [3.05, 3.63) is 95.2 Å². The molecule has 1 atom stereocenters. The smallest absolute Gasteiger partial charge is 0.258 e. The summed E-state index contributed by atoms with van der Waals surface area (Å²) in [6.45, 7) is 7.64. The zero-order valence-electron chi connectivity index (χ0n) is 26.8. The summed E-state index contributed by atoms with van der Waals surface area (Å²) in [7, 11) is 1.71. The minimum Gasteiger partial charge on any atom is -0.494 e. The highest BCUT2D eigenvalue weighted by Gasteiger charge is 2.45. The van der Waals surface area contributed by atoms with E-state index in [1.165, 1.54) is 0 Å². The lowest BCUT2D eigenvalue weighted by Crippen LogP contribution is -2.47. The van der Waals surface area contributed by atoms with Crippen molar-refractivity contribution >= 4 is 58.8 Å². The van der Waals surface area contributed by atoms with Crippen LogP contribution in [-0.4, -0.2) is 48.1 Å². The molecule has 0 spiro atoms. The van der Waals surface area contributed by atoms with Gasteiger partial charge in [0.05, 0.1) is 18.0 Å². The molecule has 1 aliphatic heterocycles. The molecule has 0 fully saturated rings. The zero-order chi connectivity index (χ0) is 31.3. The lowest BCUT2D eigenvalue weighted by atomic mass is 9.90. The maximum Gasteiger partial charge on any atom is 0.258 e. The van der Waals surface area contributed by atoms with Crippen LogP contribution in [-0.2, 0) is 16.1 Å². The highest BCUT2D eigenvalue weighted by atomic mass is 35.5. The first-order valence-electron chi connectivity index (χ1n) is 15.3. The van der Waals surface area contributed by atoms with Crippen LogP contribution in [0.3, 0.4) is 0 Å². The van der Waals surface area contributed by atoms with Gasteiger partial charge < -0.3 is 24.4 Å². The van der Waals surface area contributed by atoms with Crippen LogP contribution in [0.2, 0.25) is 0 Å². The third-order valence-electron chi connectivity index (χ3n) is 8.42. The number of halogens is 2. The average Bonchev–Trinajstić information content (AvgIpc) is 3.09. The largest absolute Gasteiger partial charge is 0.494 e. The fourth-order valence-electron chi connectivity index (χ4n) is 5.82. The number of aryl methyl sites for hydroxylation is 1. The van der Waals surface area contributed by atoms with Crippen LogP contribution in [0.1, 0.15) is 51.6 Å². The normalized spacial score (nSPS) is 14.6. The number of carbonyl (C=O) groups is 2. The predicted molar refractivity (Wildman–Crippen MR) is 189 cm³/mol. The molecule has 2 aromatic carbocycles. The monoisotopic (exact) mass is 667 g/mol. The van der Waals surface area contributed by atoms with Gasteiger partial charge in [0.2, 0.25) is 11.8 Å². The lowest BCUT2D eigenvalue weighted by Gasteiger charge is -2.27. The van der Waals surface area contributed by atoms with Crippen molar-refractivity contribution in [3.8, 4) is 5.75 Å². The van der Waals surface area contributed by atoms with Crippen LogP contribution in [0.25, 0.3) is 10.8 Å². The Balaban J connectivity index is 0.00000288. The Kier molecular flexibility index (Phi) is 12.8. The minimum atomic E-state index is -1.14. The number of amides is 2. The number of hydrogen-bond donors (Lipinski definition) is 1. The predicted octanol–water partition coefficient (Wildman–Crippen LogP) is 6.18. The molecule has 1 aliphatic rings. The number of pyridine rings is 2. The highest BCUT2D eigenvalue weighted by molar-refractivity contribution is 6.20. The van der Waals surface area contributed by atoms with Gasteiger partial charge in [0, 0.05) is 56.2 Å². The van der Waals surface area contributed by atoms with Crippen molar-refractivity contribution in [1.29, 1.82) is 0 Å². The van der Waals surface area contributed by atoms with Gasteiger partial charge >= 0.3 is 0 Å². The second-order valence-electron chi connectivity index (χ2n) is 11.7. The Morgan fingerprint density at radius 3 is 2.39 bits per heavy atom. The number of hydrogen-bond acceptors (Lipinski definition) is 6. The number of nitrogens with zero attached hydrogens (tertiary/aromatic N) is 4. The van der Waals surface area contributed by atoms with E-state index in [1.54, 1.807) is 47.7 Å². The molecule has 246 valence electrons. The zero-order valence-corrected chi connectivity index (χ0v) is 28.4. The van der Waals surface area contributed by atoms with Gasteiger partial charge in [0.15, 0.2) is 0 Å². The molecule has 11 heteroatoms. The SMILES string of the molecule is CCN1C(=O)C(C)(C)C(=O)N(C)c2cc(OCCCCNC(CCn3ccc4ccccc4c3=O)c3ccncc3)ccc21.Cl.Cl. The maximum atomic E-state index is 13.1. The molecular formula is C35H43Cl2N5O4. The van der Waals surface area contributed by atoms with Crippen LogP contribution in [0.4, 0.5) is 11.4 Å². The van der Waals surface area contributed by atoms with Gasteiger partial charge in [-0.05, 0) is 93.9 Å². The van der Waals surface area contributed by atoms with E-state index < -0.39 is 5.41 Å². The van der Waals surface area contributed by atoms with Gasteiger partial charge in [-0.15, -0.1) is 24.8 Å². The van der Waals surface area contributed by atoms with Gasteiger partial charge in [-0.3, -0.25) is 19.4 Å². The van der Waals surface area contributed by atoms with E-state index in [-0.39, 0.29) is 48.2 Å². The Morgan fingerprint density at radius 2 is 1.65 bits per heavy atom. The molecule has 0 saturated heterocycles. The third kappa shape index (κ3) is 7.71. The topological polar surface area (TPSA) is 96.8 Å². The molecule has 46 heavy (non-hydrogen) atoms. The fourth-order valence-corrected chi connectivity index (χ4v) is 5.82. The first-order chi connectivity index (χ1) is 21.2. The number of aromatic nitrogens is 2. The Bertz CT molecular complexity index is 1700. The van der Waals surface area contributed by atoms with Crippen LogP contribution >= 0.6 is 24.8 Å². The summed E-state index contributed by atoms with van der Waals surface area (Å²) in [6, 6.07) is 19.3. The summed E-state index contributed by atoms with van der Waals surface area (Å²) < 4.78 is 7.86. The second kappa shape index (κ2) is 16.1. The van der Waals surface area contributed by atoms with Crippen LogP contribution in [0.5, 0.6) is 5.75 Å².